The average molecular weight is 342 g/mol. The summed E-state index contributed by atoms with van der Waals surface area (Å²) in [5, 5.41) is 3.57. The van der Waals surface area contributed by atoms with Crippen molar-refractivity contribution in [3.63, 3.8) is 0 Å². The molecular formula is C19H25N4S. The van der Waals surface area contributed by atoms with Gasteiger partial charge in [-0.15, -0.1) is 0 Å². The van der Waals surface area contributed by atoms with E-state index in [-0.39, 0.29) is 0 Å². The molecule has 24 heavy (non-hydrogen) atoms. The number of thioether (sulfide) groups is 1. The minimum Gasteiger partial charge on any atom is -0.367 e. The van der Waals surface area contributed by atoms with E-state index in [4.69, 9.17) is 0 Å². The van der Waals surface area contributed by atoms with E-state index in [1.165, 1.54) is 54.4 Å². The van der Waals surface area contributed by atoms with Crippen molar-refractivity contribution in [3.8, 4) is 0 Å². The van der Waals surface area contributed by atoms with Crippen LogP contribution in [0.2, 0.25) is 0 Å². The quantitative estimate of drug-likeness (QED) is 0.910. The Balaban J connectivity index is 1.35. The van der Waals surface area contributed by atoms with E-state index in [2.05, 4.69) is 44.4 Å². The summed E-state index contributed by atoms with van der Waals surface area (Å²) in [5.74, 6) is 1.17. The predicted molar refractivity (Wildman–Crippen MR) is 98.3 cm³/mol. The Bertz CT molecular complexity index is 609. The maximum Gasteiger partial charge on any atom is 0.110 e. The molecule has 3 aliphatic rings. The van der Waals surface area contributed by atoms with Crippen molar-refractivity contribution in [2.24, 2.45) is 0 Å². The number of nitrogens with one attached hydrogen (secondary N) is 1. The molecule has 1 radical (unpaired) electrons. The fourth-order valence-electron chi connectivity index (χ4n) is 3.53. The summed E-state index contributed by atoms with van der Waals surface area (Å²) in [6, 6.07) is 4.97. The Kier molecular flexibility index (Phi) is 5.09. The molecule has 1 saturated heterocycles. The number of aromatic nitrogens is 1. The first-order valence-electron chi connectivity index (χ1n) is 9.02. The smallest absolute Gasteiger partial charge is 0.110 e. The molecule has 0 bridgehead atoms. The van der Waals surface area contributed by atoms with E-state index in [0.29, 0.717) is 0 Å². The van der Waals surface area contributed by atoms with Crippen molar-refractivity contribution in [2.75, 3.05) is 32.7 Å². The summed E-state index contributed by atoms with van der Waals surface area (Å²) in [5.41, 5.74) is 0. The molecule has 1 aliphatic carbocycles. The summed E-state index contributed by atoms with van der Waals surface area (Å²) in [7, 11) is 0. The normalized spacial score (nSPS) is 22.9. The number of dihydropyridines is 1. The number of nitrogens with zero attached hydrogens (tertiary/aromatic N) is 3. The van der Waals surface area contributed by atoms with Gasteiger partial charge >= 0.3 is 0 Å². The van der Waals surface area contributed by atoms with Gasteiger partial charge in [0.1, 0.15) is 5.82 Å². The molecular weight excluding hydrogens is 316 g/mol. The van der Waals surface area contributed by atoms with Crippen LogP contribution in [0.4, 0.5) is 0 Å². The fraction of sp³-hybridized carbons (Fsp3) is 0.526. The highest BCUT2D eigenvalue weighted by Crippen LogP contribution is 2.28. The lowest BCUT2D eigenvalue weighted by Gasteiger charge is -2.37. The first kappa shape index (κ1) is 16.0. The lowest BCUT2D eigenvalue weighted by atomic mass is 9.91. The van der Waals surface area contributed by atoms with Crippen LogP contribution in [-0.2, 0) is 0 Å². The van der Waals surface area contributed by atoms with Crippen molar-refractivity contribution in [1.82, 2.24) is 20.1 Å². The summed E-state index contributed by atoms with van der Waals surface area (Å²) >= 11 is 1.79. The summed E-state index contributed by atoms with van der Waals surface area (Å²) < 4.78 is 0. The topological polar surface area (TPSA) is 31.4 Å². The van der Waals surface area contributed by atoms with Crippen LogP contribution >= 0.6 is 11.8 Å². The zero-order valence-electron chi connectivity index (χ0n) is 14.1. The van der Waals surface area contributed by atoms with Crippen molar-refractivity contribution >= 4 is 11.8 Å². The largest absolute Gasteiger partial charge is 0.367 e. The van der Waals surface area contributed by atoms with Gasteiger partial charge in [0.25, 0.3) is 0 Å². The SMILES string of the molecule is [C]1=C(N2CCCN(C3CCC3)CC2)NCC(Sc2ccncc2)=C1. The van der Waals surface area contributed by atoms with Gasteiger partial charge in [-0.25, -0.2) is 0 Å². The molecule has 1 aromatic rings. The second-order valence-electron chi connectivity index (χ2n) is 6.70. The molecule has 1 N–H and O–H groups in total. The van der Waals surface area contributed by atoms with Gasteiger partial charge in [-0.05, 0) is 37.5 Å². The highest BCUT2D eigenvalue weighted by Gasteiger charge is 2.27. The van der Waals surface area contributed by atoms with Gasteiger partial charge in [0, 0.05) is 67.0 Å². The Morgan fingerprint density at radius 3 is 2.67 bits per heavy atom. The molecule has 2 aliphatic heterocycles. The molecule has 4 rings (SSSR count). The molecule has 0 spiro atoms. The molecule has 4 nitrogen and oxygen atoms in total. The minimum absolute atomic E-state index is 0.866. The summed E-state index contributed by atoms with van der Waals surface area (Å²) in [6.45, 7) is 5.59. The Morgan fingerprint density at radius 2 is 1.96 bits per heavy atom. The van der Waals surface area contributed by atoms with Crippen LogP contribution in [0, 0.1) is 6.08 Å². The van der Waals surface area contributed by atoms with E-state index in [0.717, 1.165) is 25.7 Å². The lowest BCUT2D eigenvalue weighted by molar-refractivity contribution is 0.132. The summed E-state index contributed by atoms with van der Waals surface area (Å²) in [4.78, 5) is 11.8. The van der Waals surface area contributed by atoms with Gasteiger partial charge in [0.05, 0.1) is 0 Å². The first-order valence-corrected chi connectivity index (χ1v) is 9.83. The molecule has 0 aromatic carbocycles. The molecule has 1 aromatic heterocycles. The number of hydrogen-bond acceptors (Lipinski definition) is 5. The van der Waals surface area contributed by atoms with Crippen LogP contribution in [0.25, 0.3) is 0 Å². The lowest BCUT2D eigenvalue weighted by Crippen LogP contribution is -2.42. The van der Waals surface area contributed by atoms with E-state index in [1.807, 2.05) is 12.4 Å². The monoisotopic (exact) mass is 341 g/mol. The number of rotatable bonds is 4. The molecule has 0 amide bonds. The standard InChI is InChI=1S/C19H25N4S/c1-3-16(4-1)22-11-2-12-23(14-13-22)19-6-5-18(15-21-19)24-17-7-9-20-10-8-17/h5,7-10,16,21H,1-4,11-15H2. The van der Waals surface area contributed by atoms with Crippen LogP contribution in [0.3, 0.4) is 0 Å². The first-order chi connectivity index (χ1) is 11.9. The van der Waals surface area contributed by atoms with Gasteiger partial charge in [-0.2, -0.15) is 0 Å². The number of allylic oxidation sites excluding steroid dienone is 2. The highest BCUT2D eigenvalue weighted by molar-refractivity contribution is 8.03. The summed E-state index contributed by atoms with van der Waals surface area (Å²) in [6.07, 6.45) is 14.8. The fourth-order valence-corrected chi connectivity index (χ4v) is 4.35. The number of pyridine rings is 1. The van der Waals surface area contributed by atoms with Crippen molar-refractivity contribution in [1.29, 1.82) is 0 Å². The second-order valence-corrected chi connectivity index (χ2v) is 7.90. The van der Waals surface area contributed by atoms with Crippen molar-refractivity contribution < 1.29 is 0 Å². The van der Waals surface area contributed by atoms with E-state index < -0.39 is 0 Å². The molecule has 1 saturated carbocycles. The van der Waals surface area contributed by atoms with E-state index >= 15 is 0 Å². The van der Waals surface area contributed by atoms with Crippen LogP contribution in [-0.4, -0.2) is 53.5 Å². The molecule has 127 valence electrons. The van der Waals surface area contributed by atoms with E-state index in [1.54, 1.807) is 11.8 Å². The van der Waals surface area contributed by atoms with Crippen molar-refractivity contribution in [3.05, 3.63) is 47.4 Å². The Hall–Kier alpha value is -1.46. The predicted octanol–water partition coefficient (Wildman–Crippen LogP) is 2.87. The van der Waals surface area contributed by atoms with E-state index in [9.17, 15) is 0 Å². The third-order valence-corrected chi connectivity index (χ3v) is 6.17. The average Bonchev–Trinajstić information content (AvgIpc) is 2.81. The zero-order valence-corrected chi connectivity index (χ0v) is 14.9. The van der Waals surface area contributed by atoms with Gasteiger partial charge in [-0.3, -0.25) is 9.88 Å². The Morgan fingerprint density at radius 1 is 1.08 bits per heavy atom. The zero-order chi connectivity index (χ0) is 16.2. The van der Waals surface area contributed by atoms with Crippen LogP contribution in [0.15, 0.2) is 46.2 Å². The highest BCUT2D eigenvalue weighted by atomic mass is 32.2. The van der Waals surface area contributed by atoms with Crippen LogP contribution in [0.1, 0.15) is 25.7 Å². The molecule has 3 heterocycles. The van der Waals surface area contributed by atoms with Gasteiger partial charge in [0.2, 0.25) is 0 Å². The maximum atomic E-state index is 4.07. The third-order valence-electron chi connectivity index (χ3n) is 5.14. The number of hydrogen-bond donors (Lipinski definition) is 1. The second kappa shape index (κ2) is 7.62. The van der Waals surface area contributed by atoms with Crippen LogP contribution in [0.5, 0.6) is 0 Å². The Labute approximate surface area is 149 Å². The molecule has 5 heteroatoms. The minimum atomic E-state index is 0.866. The van der Waals surface area contributed by atoms with Crippen molar-refractivity contribution in [2.45, 2.75) is 36.6 Å². The van der Waals surface area contributed by atoms with Gasteiger partial charge in [-0.1, -0.05) is 18.2 Å². The molecule has 2 fully saturated rings. The van der Waals surface area contributed by atoms with Gasteiger partial charge < -0.3 is 10.2 Å². The molecule has 0 unspecified atom stereocenters. The molecule has 0 atom stereocenters. The van der Waals surface area contributed by atoms with Gasteiger partial charge in [0.15, 0.2) is 0 Å². The van der Waals surface area contributed by atoms with Crippen LogP contribution < -0.4 is 5.32 Å². The third kappa shape index (κ3) is 3.78. The maximum absolute atomic E-state index is 4.07.